The van der Waals surface area contributed by atoms with Gasteiger partial charge >= 0.3 is 6.03 Å². The molecule has 2 N–H and O–H groups in total. The van der Waals surface area contributed by atoms with Crippen molar-refractivity contribution in [2.75, 3.05) is 20.6 Å². The third-order valence-corrected chi connectivity index (χ3v) is 4.83. The van der Waals surface area contributed by atoms with Crippen LogP contribution in [0.4, 0.5) is 4.79 Å². The van der Waals surface area contributed by atoms with Gasteiger partial charge in [-0.15, -0.1) is 0 Å². The fraction of sp³-hybridized carbons (Fsp3) is 0.421. The van der Waals surface area contributed by atoms with Crippen LogP contribution >= 0.6 is 0 Å². The molecule has 1 saturated heterocycles. The molecule has 0 aromatic heterocycles. The van der Waals surface area contributed by atoms with Crippen LogP contribution in [-0.4, -0.2) is 66.1 Å². The van der Waals surface area contributed by atoms with Gasteiger partial charge in [0.05, 0.1) is 11.1 Å². The Balaban J connectivity index is 1.67. The maximum absolute atomic E-state index is 12.8. The predicted molar refractivity (Wildman–Crippen MR) is 98.5 cm³/mol. The molecule has 9 heteroatoms. The monoisotopic (exact) mass is 386 g/mol. The minimum atomic E-state index is -0.963. The van der Waals surface area contributed by atoms with E-state index in [1.54, 1.807) is 32.3 Å². The van der Waals surface area contributed by atoms with Gasteiger partial charge in [-0.3, -0.25) is 29.4 Å². The van der Waals surface area contributed by atoms with Crippen molar-refractivity contribution in [1.82, 2.24) is 20.4 Å². The summed E-state index contributed by atoms with van der Waals surface area (Å²) in [5.41, 5.74) is 1.40. The van der Waals surface area contributed by atoms with E-state index in [9.17, 15) is 24.0 Å². The normalized spacial score (nSPS) is 18.8. The lowest BCUT2D eigenvalue weighted by Gasteiger charge is -2.27. The maximum atomic E-state index is 12.8. The van der Waals surface area contributed by atoms with Crippen LogP contribution in [0.3, 0.4) is 0 Å². The number of nitrogens with zero attached hydrogens (tertiary/aromatic N) is 2. The first kappa shape index (κ1) is 19.5. The Morgan fingerprint density at radius 2 is 1.89 bits per heavy atom. The van der Waals surface area contributed by atoms with Crippen molar-refractivity contribution in [2.24, 2.45) is 0 Å². The molecule has 9 nitrogen and oxygen atoms in total. The van der Waals surface area contributed by atoms with Crippen molar-refractivity contribution in [2.45, 2.75) is 31.7 Å². The Morgan fingerprint density at radius 3 is 2.57 bits per heavy atom. The number of benzene rings is 1. The second-order valence-corrected chi connectivity index (χ2v) is 7.06. The summed E-state index contributed by atoms with van der Waals surface area (Å²) in [4.78, 5) is 62.7. The highest BCUT2D eigenvalue weighted by atomic mass is 16.2. The van der Waals surface area contributed by atoms with Crippen molar-refractivity contribution in [1.29, 1.82) is 0 Å². The van der Waals surface area contributed by atoms with Crippen LogP contribution in [-0.2, 0) is 16.0 Å². The molecule has 1 unspecified atom stereocenters. The molecule has 28 heavy (non-hydrogen) atoms. The third-order valence-electron chi connectivity index (χ3n) is 4.83. The standard InChI is InChI=1S/C19H22N4O5/c1-22(2)19(28)20-9-3-4-11-5-6-12-13(10-11)18(27)23(17(12)26)14-7-8-15(24)21-16(14)25/h5-6,10,14H,3-4,7-9H2,1-2H3,(H,20,28)(H,21,24,25). The highest BCUT2D eigenvalue weighted by Gasteiger charge is 2.44. The van der Waals surface area contributed by atoms with Crippen LogP contribution in [0.1, 0.15) is 45.5 Å². The second-order valence-electron chi connectivity index (χ2n) is 7.06. The first-order chi connectivity index (χ1) is 13.3. The molecule has 1 atom stereocenters. The van der Waals surface area contributed by atoms with E-state index in [1.807, 2.05) is 0 Å². The second kappa shape index (κ2) is 7.79. The van der Waals surface area contributed by atoms with Gasteiger partial charge in [0.1, 0.15) is 6.04 Å². The topological polar surface area (TPSA) is 116 Å². The van der Waals surface area contributed by atoms with Crippen LogP contribution < -0.4 is 10.6 Å². The summed E-state index contributed by atoms with van der Waals surface area (Å²) in [6, 6.07) is 3.89. The molecular formula is C19H22N4O5. The van der Waals surface area contributed by atoms with Crippen LogP contribution in [0, 0.1) is 0 Å². The average Bonchev–Trinajstić information content (AvgIpc) is 2.89. The van der Waals surface area contributed by atoms with Crippen LogP contribution in [0.2, 0.25) is 0 Å². The summed E-state index contributed by atoms with van der Waals surface area (Å²) in [5.74, 6) is -2.05. The summed E-state index contributed by atoms with van der Waals surface area (Å²) < 4.78 is 0. The van der Waals surface area contributed by atoms with E-state index in [1.165, 1.54) is 4.90 Å². The van der Waals surface area contributed by atoms with E-state index in [0.29, 0.717) is 19.4 Å². The number of carbonyl (C=O) groups is 5. The zero-order valence-electron chi connectivity index (χ0n) is 15.8. The maximum Gasteiger partial charge on any atom is 0.316 e. The van der Waals surface area contributed by atoms with Gasteiger partial charge in [-0.25, -0.2) is 4.79 Å². The molecule has 0 bridgehead atoms. The quantitative estimate of drug-likeness (QED) is 0.557. The minimum absolute atomic E-state index is 0.0910. The number of aryl methyl sites for hydroxylation is 1. The summed E-state index contributed by atoms with van der Waals surface area (Å²) in [7, 11) is 3.32. The first-order valence-electron chi connectivity index (χ1n) is 9.09. The molecule has 2 aliphatic rings. The number of rotatable bonds is 5. The number of nitrogens with one attached hydrogen (secondary N) is 2. The number of hydrogen-bond acceptors (Lipinski definition) is 5. The molecule has 3 rings (SSSR count). The fourth-order valence-corrected chi connectivity index (χ4v) is 3.32. The van der Waals surface area contributed by atoms with Crippen molar-refractivity contribution in [3.63, 3.8) is 0 Å². The number of carbonyl (C=O) groups excluding carboxylic acids is 5. The largest absolute Gasteiger partial charge is 0.338 e. The van der Waals surface area contributed by atoms with Crippen molar-refractivity contribution in [3.05, 3.63) is 34.9 Å². The van der Waals surface area contributed by atoms with E-state index >= 15 is 0 Å². The SMILES string of the molecule is CN(C)C(=O)NCCCc1ccc2c(c1)C(=O)N(C1CCC(=O)NC1=O)C2=O. The Kier molecular flexibility index (Phi) is 5.43. The third kappa shape index (κ3) is 3.73. The van der Waals surface area contributed by atoms with E-state index in [2.05, 4.69) is 10.6 Å². The predicted octanol–water partition coefficient (Wildman–Crippen LogP) is 0.292. The van der Waals surface area contributed by atoms with E-state index in [4.69, 9.17) is 0 Å². The number of hydrogen-bond donors (Lipinski definition) is 2. The van der Waals surface area contributed by atoms with Gasteiger partial charge < -0.3 is 10.2 Å². The van der Waals surface area contributed by atoms with Crippen LogP contribution in [0.5, 0.6) is 0 Å². The number of urea groups is 1. The van der Waals surface area contributed by atoms with Gasteiger partial charge in [-0.2, -0.15) is 0 Å². The first-order valence-corrected chi connectivity index (χ1v) is 9.09. The summed E-state index contributed by atoms with van der Waals surface area (Å²) >= 11 is 0. The van der Waals surface area contributed by atoms with Crippen LogP contribution in [0.15, 0.2) is 18.2 Å². The summed E-state index contributed by atoms with van der Waals surface area (Å²) in [5, 5.41) is 4.94. The minimum Gasteiger partial charge on any atom is -0.338 e. The summed E-state index contributed by atoms with van der Waals surface area (Å²) in [6.45, 7) is 0.489. The molecule has 148 valence electrons. The molecule has 0 spiro atoms. The lowest BCUT2D eigenvalue weighted by atomic mass is 10.0. The Hall–Kier alpha value is -3.23. The molecule has 2 aliphatic heterocycles. The lowest BCUT2D eigenvalue weighted by Crippen LogP contribution is -2.54. The van der Waals surface area contributed by atoms with E-state index in [0.717, 1.165) is 10.5 Å². The molecule has 0 radical (unpaired) electrons. The molecular weight excluding hydrogens is 364 g/mol. The molecule has 1 aromatic carbocycles. The van der Waals surface area contributed by atoms with Gasteiger partial charge in [0.25, 0.3) is 11.8 Å². The van der Waals surface area contributed by atoms with Crippen molar-refractivity contribution < 1.29 is 24.0 Å². The Bertz CT molecular complexity index is 864. The highest BCUT2D eigenvalue weighted by Crippen LogP contribution is 2.28. The van der Waals surface area contributed by atoms with Crippen LogP contribution in [0.25, 0.3) is 0 Å². The molecule has 0 saturated carbocycles. The number of fused-ring (bicyclic) bond motifs is 1. The fourth-order valence-electron chi connectivity index (χ4n) is 3.32. The van der Waals surface area contributed by atoms with Gasteiger partial charge in [0, 0.05) is 27.1 Å². The number of imide groups is 2. The molecule has 6 amide bonds. The zero-order chi connectivity index (χ0) is 20.4. The molecule has 1 fully saturated rings. The molecule has 1 aromatic rings. The van der Waals surface area contributed by atoms with Crippen molar-refractivity contribution >= 4 is 29.7 Å². The van der Waals surface area contributed by atoms with E-state index < -0.39 is 29.7 Å². The molecule has 2 heterocycles. The van der Waals surface area contributed by atoms with Crippen molar-refractivity contribution in [3.8, 4) is 0 Å². The number of piperidine rings is 1. The highest BCUT2D eigenvalue weighted by molar-refractivity contribution is 6.23. The van der Waals surface area contributed by atoms with Gasteiger partial charge in [0.15, 0.2) is 0 Å². The smallest absolute Gasteiger partial charge is 0.316 e. The molecule has 0 aliphatic carbocycles. The van der Waals surface area contributed by atoms with Gasteiger partial charge in [-0.05, 0) is 37.0 Å². The lowest BCUT2D eigenvalue weighted by molar-refractivity contribution is -0.136. The average molecular weight is 386 g/mol. The van der Waals surface area contributed by atoms with Gasteiger partial charge in [0.2, 0.25) is 11.8 Å². The van der Waals surface area contributed by atoms with E-state index in [-0.39, 0.29) is 30.0 Å². The van der Waals surface area contributed by atoms with Gasteiger partial charge in [-0.1, -0.05) is 6.07 Å². The Labute approximate surface area is 162 Å². The zero-order valence-corrected chi connectivity index (χ0v) is 15.8. The summed E-state index contributed by atoms with van der Waals surface area (Å²) in [6.07, 6.45) is 1.53. The number of amides is 6. The Morgan fingerprint density at radius 1 is 1.18 bits per heavy atom.